The van der Waals surface area contributed by atoms with E-state index < -0.39 is 0 Å². The fraction of sp³-hybridized carbons (Fsp3) is 0.364. The predicted molar refractivity (Wildman–Crippen MR) is 59.8 cm³/mol. The molecule has 3 heteroatoms. The zero-order valence-corrected chi connectivity index (χ0v) is 10.1. The highest BCUT2D eigenvalue weighted by molar-refractivity contribution is 9.10. The second-order valence-corrected chi connectivity index (χ2v) is 4.05. The third-order valence-electron chi connectivity index (χ3n) is 2.09. The SMILES string of the molecule is COc1ccc(C)c(CC(C)=O)c1Br. The van der Waals surface area contributed by atoms with E-state index in [0.717, 1.165) is 21.3 Å². The van der Waals surface area contributed by atoms with Crippen molar-refractivity contribution in [3.05, 3.63) is 27.7 Å². The Morgan fingerprint density at radius 3 is 2.64 bits per heavy atom. The number of hydrogen-bond donors (Lipinski definition) is 0. The van der Waals surface area contributed by atoms with Crippen LogP contribution in [0.4, 0.5) is 0 Å². The Morgan fingerprint density at radius 2 is 2.14 bits per heavy atom. The van der Waals surface area contributed by atoms with Crippen LogP contribution in [0.3, 0.4) is 0 Å². The minimum Gasteiger partial charge on any atom is -0.496 e. The van der Waals surface area contributed by atoms with Crippen molar-refractivity contribution in [2.24, 2.45) is 0 Å². The number of halogens is 1. The maximum Gasteiger partial charge on any atom is 0.134 e. The van der Waals surface area contributed by atoms with Gasteiger partial charge in [0.25, 0.3) is 0 Å². The molecule has 0 radical (unpaired) electrons. The van der Waals surface area contributed by atoms with Gasteiger partial charge in [-0.05, 0) is 47.0 Å². The fourth-order valence-corrected chi connectivity index (χ4v) is 2.07. The molecule has 0 bridgehead atoms. The molecule has 76 valence electrons. The summed E-state index contributed by atoms with van der Waals surface area (Å²) in [5.41, 5.74) is 2.12. The average Bonchev–Trinajstić information content (AvgIpc) is 2.12. The van der Waals surface area contributed by atoms with Crippen LogP contribution >= 0.6 is 15.9 Å². The first-order valence-corrected chi connectivity index (χ1v) is 5.17. The van der Waals surface area contributed by atoms with Gasteiger partial charge in [-0.2, -0.15) is 0 Å². The summed E-state index contributed by atoms with van der Waals surface area (Å²) in [7, 11) is 1.62. The van der Waals surface area contributed by atoms with Crippen LogP contribution in [0, 0.1) is 6.92 Å². The van der Waals surface area contributed by atoms with Crippen molar-refractivity contribution in [2.75, 3.05) is 7.11 Å². The molecule has 0 N–H and O–H groups in total. The van der Waals surface area contributed by atoms with Gasteiger partial charge in [0.2, 0.25) is 0 Å². The van der Waals surface area contributed by atoms with E-state index >= 15 is 0 Å². The lowest BCUT2D eigenvalue weighted by molar-refractivity contribution is -0.116. The smallest absolute Gasteiger partial charge is 0.134 e. The Bertz CT molecular complexity index is 359. The monoisotopic (exact) mass is 256 g/mol. The van der Waals surface area contributed by atoms with Gasteiger partial charge in [0, 0.05) is 6.42 Å². The Kier molecular flexibility index (Phi) is 3.69. The zero-order chi connectivity index (χ0) is 10.7. The van der Waals surface area contributed by atoms with Gasteiger partial charge in [0.05, 0.1) is 11.6 Å². The summed E-state index contributed by atoms with van der Waals surface area (Å²) in [5, 5.41) is 0. The summed E-state index contributed by atoms with van der Waals surface area (Å²) in [6.45, 7) is 3.58. The molecular formula is C11H13BrO2. The molecular weight excluding hydrogens is 244 g/mol. The molecule has 0 unspecified atom stereocenters. The van der Waals surface area contributed by atoms with E-state index in [9.17, 15) is 4.79 Å². The molecule has 1 aromatic carbocycles. The average molecular weight is 257 g/mol. The van der Waals surface area contributed by atoms with E-state index in [0.29, 0.717) is 6.42 Å². The quantitative estimate of drug-likeness (QED) is 0.832. The number of rotatable bonds is 3. The number of hydrogen-bond acceptors (Lipinski definition) is 2. The first kappa shape index (κ1) is 11.2. The van der Waals surface area contributed by atoms with Crippen LogP contribution in [-0.4, -0.2) is 12.9 Å². The summed E-state index contributed by atoms with van der Waals surface area (Å²) >= 11 is 3.44. The van der Waals surface area contributed by atoms with Gasteiger partial charge < -0.3 is 4.74 Å². The maximum absolute atomic E-state index is 11.1. The van der Waals surface area contributed by atoms with Gasteiger partial charge in [-0.25, -0.2) is 0 Å². The Hall–Kier alpha value is -0.830. The molecule has 0 spiro atoms. The summed E-state index contributed by atoms with van der Waals surface area (Å²) in [6, 6.07) is 3.85. The summed E-state index contributed by atoms with van der Waals surface area (Å²) in [4.78, 5) is 11.1. The number of carbonyl (C=O) groups excluding carboxylic acids is 1. The van der Waals surface area contributed by atoms with Crippen LogP contribution in [-0.2, 0) is 11.2 Å². The summed E-state index contributed by atoms with van der Waals surface area (Å²) < 4.78 is 6.05. The number of benzene rings is 1. The number of ketones is 1. The minimum atomic E-state index is 0.155. The van der Waals surface area contributed by atoms with Gasteiger partial charge in [0.1, 0.15) is 11.5 Å². The second kappa shape index (κ2) is 4.60. The molecule has 0 atom stereocenters. The summed E-state index contributed by atoms with van der Waals surface area (Å²) in [5.74, 6) is 0.925. The molecule has 0 saturated carbocycles. The highest BCUT2D eigenvalue weighted by Gasteiger charge is 2.10. The van der Waals surface area contributed by atoms with Crippen LogP contribution in [0.25, 0.3) is 0 Å². The van der Waals surface area contributed by atoms with Gasteiger partial charge in [0.15, 0.2) is 0 Å². The number of ether oxygens (including phenoxy) is 1. The van der Waals surface area contributed by atoms with Crippen molar-refractivity contribution in [3.8, 4) is 5.75 Å². The fourth-order valence-electron chi connectivity index (χ4n) is 1.32. The third-order valence-corrected chi connectivity index (χ3v) is 2.96. The first-order valence-electron chi connectivity index (χ1n) is 4.37. The van der Waals surface area contributed by atoms with E-state index in [4.69, 9.17) is 4.74 Å². The van der Waals surface area contributed by atoms with Crippen molar-refractivity contribution in [1.29, 1.82) is 0 Å². The number of Topliss-reactive ketones (excluding diaryl/α,β-unsaturated/α-hetero) is 1. The first-order chi connectivity index (χ1) is 6.56. The van der Waals surface area contributed by atoms with E-state index in [1.165, 1.54) is 0 Å². The van der Waals surface area contributed by atoms with Crippen molar-refractivity contribution >= 4 is 21.7 Å². The maximum atomic E-state index is 11.1. The number of aryl methyl sites for hydroxylation is 1. The lowest BCUT2D eigenvalue weighted by atomic mass is 10.0. The van der Waals surface area contributed by atoms with Crippen LogP contribution in [0.15, 0.2) is 16.6 Å². The lowest BCUT2D eigenvalue weighted by Gasteiger charge is -2.10. The zero-order valence-electron chi connectivity index (χ0n) is 8.56. The molecule has 14 heavy (non-hydrogen) atoms. The minimum absolute atomic E-state index is 0.155. The number of carbonyl (C=O) groups is 1. The van der Waals surface area contributed by atoms with Crippen LogP contribution in [0.1, 0.15) is 18.1 Å². The molecule has 2 nitrogen and oxygen atoms in total. The van der Waals surface area contributed by atoms with E-state index in [1.54, 1.807) is 14.0 Å². The highest BCUT2D eigenvalue weighted by atomic mass is 79.9. The van der Waals surface area contributed by atoms with Crippen molar-refractivity contribution in [2.45, 2.75) is 20.3 Å². The molecule has 1 rings (SSSR count). The highest BCUT2D eigenvalue weighted by Crippen LogP contribution is 2.31. The largest absolute Gasteiger partial charge is 0.496 e. The molecule has 0 saturated heterocycles. The Balaban J connectivity index is 3.18. The molecule has 1 aromatic rings. The van der Waals surface area contributed by atoms with E-state index in [2.05, 4.69) is 15.9 Å². The molecule has 0 aliphatic rings. The third kappa shape index (κ3) is 2.35. The van der Waals surface area contributed by atoms with E-state index in [-0.39, 0.29) is 5.78 Å². The van der Waals surface area contributed by atoms with Crippen LogP contribution in [0.5, 0.6) is 5.75 Å². The molecule has 0 fully saturated rings. The normalized spacial score (nSPS) is 10.0. The Labute approximate surface area is 92.4 Å². The van der Waals surface area contributed by atoms with Gasteiger partial charge in [-0.3, -0.25) is 4.79 Å². The molecule has 0 aliphatic heterocycles. The molecule has 0 aromatic heterocycles. The predicted octanol–water partition coefficient (Wildman–Crippen LogP) is 2.90. The van der Waals surface area contributed by atoms with Crippen LogP contribution < -0.4 is 4.74 Å². The van der Waals surface area contributed by atoms with Gasteiger partial charge in [-0.15, -0.1) is 0 Å². The lowest BCUT2D eigenvalue weighted by Crippen LogP contribution is -2.01. The summed E-state index contributed by atoms with van der Waals surface area (Å²) in [6.07, 6.45) is 0.448. The molecule has 0 aliphatic carbocycles. The van der Waals surface area contributed by atoms with Crippen LogP contribution in [0.2, 0.25) is 0 Å². The van der Waals surface area contributed by atoms with Gasteiger partial charge >= 0.3 is 0 Å². The second-order valence-electron chi connectivity index (χ2n) is 3.26. The van der Waals surface area contributed by atoms with Crippen molar-refractivity contribution < 1.29 is 9.53 Å². The molecule has 0 amide bonds. The Morgan fingerprint density at radius 1 is 1.50 bits per heavy atom. The van der Waals surface area contributed by atoms with Gasteiger partial charge in [-0.1, -0.05) is 6.07 Å². The van der Waals surface area contributed by atoms with Crippen molar-refractivity contribution in [1.82, 2.24) is 0 Å². The van der Waals surface area contributed by atoms with E-state index in [1.807, 2.05) is 19.1 Å². The standard InChI is InChI=1S/C11H13BrO2/c1-7-4-5-10(14-3)11(12)9(7)6-8(2)13/h4-5H,6H2,1-3H3. The van der Waals surface area contributed by atoms with Crippen molar-refractivity contribution in [3.63, 3.8) is 0 Å². The topological polar surface area (TPSA) is 26.3 Å². The molecule has 0 heterocycles. The number of methoxy groups -OCH3 is 1.